The number of amides is 1. The van der Waals surface area contributed by atoms with Crippen molar-refractivity contribution in [3.05, 3.63) is 29.8 Å². The molecule has 3 unspecified atom stereocenters. The molecule has 2 N–H and O–H groups in total. The van der Waals surface area contributed by atoms with Gasteiger partial charge in [-0.25, -0.2) is 0 Å². The summed E-state index contributed by atoms with van der Waals surface area (Å²) >= 11 is 0. The van der Waals surface area contributed by atoms with Gasteiger partial charge in [-0.05, 0) is 50.3 Å². The van der Waals surface area contributed by atoms with E-state index in [9.17, 15) is 4.79 Å². The molecule has 0 saturated carbocycles. The van der Waals surface area contributed by atoms with Gasteiger partial charge in [0.05, 0.1) is 5.92 Å². The van der Waals surface area contributed by atoms with Gasteiger partial charge in [-0.15, -0.1) is 0 Å². The molecular formula is C16H24N2O. The molecule has 3 nitrogen and oxygen atoms in total. The van der Waals surface area contributed by atoms with Gasteiger partial charge >= 0.3 is 0 Å². The molecule has 1 fully saturated rings. The van der Waals surface area contributed by atoms with Gasteiger partial charge in [-0.1, -0.05) is 19.1 Å². The number of anilines is 1. The van der Waals surface area contributed by atoms with Gasteiger partial charge in [0.1, 0.15) is 0 Å². The zero-order valence-electron chi connectivity index (χ0n) is 12.1. The highest BCUT2D eigenvalue weighted by Crippen LogP contribution is 2.26. The molecule has 0 aromatic heterocycles. The van der Waals surface area contributed by atoms with Crippen molar-refractivity contribution in [3.8, 4) is 0 Å². The average Bonchev–Trinajstić information content (AvgIpc) is 2.40. The van der Waals surface area contributed by atoms with E-state index in [-0.39, 0.29) is 11.8 Å². The third-order valence-electron chi connectivity index (χ3n) is 4.18. The molecule has 3 atom stereocenters. The van der Waals surface area contributed by atoms with Crippen molar-refractivity contribution in [1.29, 1.82) is 0 Å². The minimum absolute atomic E-state index is 0.115. The lowest BCUT2D eigenvalue weighted by Gasteiger charge is -2.38. The Kier molecular flexibility index (Phi) is 4.13. The van der Waals surface area contributed by atoms with Crippen LogP contribution in [0, 0.1) is 5.92 Å². The molecule has 1 aromatic rings. The number of likely N-dealkylation sites (tertiary alicyclic amines) is 1. The first-order chi connectivity index (χ1) is 8.99. The number of nitrogens with zero attached hydrogens (tertiary/aromatic N) is 1. The van der Waals surface area contributed by atoms with Crippen LogP contribution in [0.3, 0.4) is 0 Å². The summed E-state index contributed by atoms with van der Waals surface area (Å²) in [5.41, 5.74) is 7.53. The molecule has 0 bridgehead atoms. The maximum absolute atomic E-state index is 12.7. The van der Waals surface area contributed by atoms with Gasteiger partial charge in [0, 0.05) is 18.3 Å². The Labute approximate surface area is 115 Å². The van der Waals surface area contributed by atoms with Crippen LogP contribution in [0.5, 0.6) is 0 Å². The van der Waals surface area contributed by atoms with Gasteiger partial charge in [0.25, 0.3) is 0 Å². The minimum atomic E-state index is -0.115. The lowest BCUT2D eigenvalue weighted by molar-refractivity contribution is -0.136. The summed E-state index contributed by atoms with van der Waals surface area (Å²) in [6.07, 6.45) is 2.33. The van der Waals surface area contributed by atoms with Gasteiger partial charge in [-0.3, -0.25) is 4.79 Å². The SMILES string of the molecule is CC1CCC(C)N(C(=O)C(C)c2cccc(N)c2)C1. The van der Waals surface area contributed by atoms with Crippen LogP contribution in [0.25, 0.3) is 0 Å². The predicted molar refractivity (Wildman–Crippen MR) is 78.8 cm³/mol. The van der Waals surface area contributed by atoms with E-state index in [2.05, 4.69) is 13.8 Å². The van der Waals surface area contributed by atoms with E-state index in [1.54, 1.807) is 0 Å². The largest absolute Gasteiger partial charge is 0.399 e. The summed E-state index contributed by atoms with van der Waals surface area (Å²) in [6.45, 7) is 7.23. The first kappa shape index (κ1) is 13.9. The summed E-state index contributed by atoms with van der Waals surface area (Å²) in [5, 5.41) is 0. The average molecular weight is 260 g/mol. The van der Waals surface area contributed by atoms with Gasteiger partial charge in [-0.2, -0.15) is 0 Å². The third kappa shape index (κ3) is 3.09. The van der Waals surface area contributed by atoms with Crippen LogP contribution in [0.15, 0.2) is 24.3 Å². The van der Waals surface area contributed by atoms with Crippen molar-refractivity contribution in [2.24, 2.45) is 5.92 Å². The van der Waals surface area contributed by atoms with Gasteiger partial charge < -0.3 is 10.6 Å². The Morgan fingerprint density at radius 2 is 2.11 bits per heavy atom. The number of carbonyl (C=O) groups is 1. The smallest absolute Gasteiger partial charge is 0.230 e. The topological polar surface area (TPSA) is 46.3 Å². The molecule has 1 aromatic carbocycles. The zero-order valence-corrected chi connectivity index (χ0v) is 12.1. The molecule has 2 rings (SSSR count). The molecule has 1 amide bonds. The number of nitrogens with two attached hydrogens (primary N) is 1. The molecule has 1 heterocycles. The maximum Gasteiger partial charge on any atom is 0.230 e. The Bertz CT molecular complexity index is 458. The Morgan fingerprint density at radius 1 is 1.37 bits per heavy atom. The number of benzene rings is 1. The molecule has 0 aliphatic carbocycles. The van der Waals surface area contributed by atoms with E-state index in [0.717, 1.165) is 24.2 Å². The van der Waals surface area contributed by atoms with E-state index < -0.39 is 0 Å². The van der Waals surface area contributed by atoms with Crippen molar-refractivity contribution < 1.29 is 4.79 Å². The lowest BCUT2D eigenvalue weighted by atomic mass is 9.92. The number of carbonyl (C=O) groups excluding carboxylic acids is 1. The second kappa shape index (κ2) is 5.64. The second-order valence-corrected chi connectivity index (χ2v) is 5.91. The standard InChI is InChI=1S/C16H24N2O/c1-11-7-8-12(2)18(10-11)16(19)13(3)14-5-4-6-15(17)9-14/h4-6,9,11-13H,7-8,10,17H2,1-3H3. The number of piperidine rings is 1. The molecule has 104 valence electrons. The molecular weight excluding hydrogens is 236 g/mol. The fourth-order valence-corrected chi connectivity index (χ4v) is 2.82. The van der Waals surface area contributed by atoms with Crippen molar-refractivity contribution in [1.82, 2.24) is 4.90 Å². The molecule has 1 aliphatic heterocycles. The van der Waals surface area contributed by atoms with Crippen LogP contribution in [-0.2, 0) is 4.79 Å². The fourth-order valence-electron chi connectivity index (χ4n) is 2.82. The minimum Gasteiger partial charge on any atom is -0.399 e. The zero-order chi connectivity index (χ0) is 14.0. The van der Waals surface area contributed by atoms with Crippen molar-refractivity contribution in [2.45, 2.75) is 45.6 Å². The van der Waals surface area contributed by atoms with E-state index in [4.69, 9.17) is 5.73 Å². The summed E-state index contributed by atoms with van der Waals surface area (Å²) in [5.74, 6) is 0.717. The predicted octanol–water partition coefficient (Wildman–Crippen LogP) is 3.02. The monoisotopic (exact) mass is 260 g/mol. The van der Waals surface area contributed by atoms with Gasteiger partial charge in [0.15, 0.2) is 0 Å². The molecule has 3 heteroatoms. The van der Waals surface area contributed by atoms with Crippen molar-refractivity contribution >= 4 is 11.6 Å². The van der Waals surface area contributed by atoms with Crippen molar-refractivity contribution in [2.75, 3.05) is 12.3 Å². The summed E-state index contributed by atoms with van der Waals surface area (Å²) in [4.78, 5) is 14.7. The van der Waals surface area contributed by atoms with Crippen LogP contribution in [0.4, 0.5) is 5.69 Å². The first-order valence-corrected chi connectivity index (χ1v) is 7.15. The number of hydrogen-bond donors (Lipinski definition) is 1. The molecule has 1 saturated heterocycles. The third-order valence-corrected chi connectivity index (χ3v) is 4.18. The second-order valence-electron chi connectivity index (χ2n) is 5.91. The number of nitrogen functional groups attached to an aromatic ring is 1. The summed E-state index contributed by atoms with van der Waals surface area (Å²) in [7, 11) is 0. The van der Waals surface area contributed by atoms with Crippen LogP contribution >= 0.6 is 0 Å². The highest BCUT2D eigenvalue weighted by molar-refractivity contribution is 5.84. The molecule has 0 spiro atoms. The normalized spacial score (nSPS) is 25.1. The van der Waals surface area contributed by atoms with E-state index >= 15 is 0 Å². The van der Waals surface area contributed by atoms with E-state index in [1.807, 2.05) is 36.1 Å². The van der Waals surface area contributed by atoms with Gasteiger partial charge in [0.2, 0.25) is 5.91 Å². The summed E-state index contributed by atoms with van der Waals surface area (Å²) < 4.78 is 0. The Morgan fingerprint density at radius 3 is 2.79 bits per heavy atom. The van der Waals surface area contributed by atoms with E-state index in [1.165, 1.54) is 6.42 Å². The van der Waals surface area contributed by atoms with Crippen LogP contribution in [0.2, 0.25) is 0 Å². The van der Waals surface area contributed by atoms with Crippen LogP contribution in [0.1, 0.15) is 45.1 Å². The molecule has 0 radical (unpaired) electrons. The fraction of sp³-hybridized carbons (Fsp3) is 0.562. The quantitative estimate of drug-likeness (QED) is 0.831. The van der Waals surface area contributed by atoms with Crippen LogP contribution in [-0.4, -0.2) is 23.4 Å². The summed E-state index contributed by atoms with van der Waals surface area (Å²) in [6, 6.07) is 8.01. The maximum atomic E-state index is 12.7. The lowest BCUT2D eigenvalue weighted by Crippen LogP contribution is -2.46. The Hall–Kier alpha value is -1.51. The number of rotatable bonds is 2. The molecule has 1 aliphatic rings. The van der Waals surface area contributed by atoms with Crippen LogP contribution < -0.4 is 5.73 Å². The molecule has 19 heavy (non-hydrogen) atoms. The van der Waals surface area contributed by atoms with E-state index in [0.29, 0.717) is 12.0 Å². The number of hydrogen-bond acceptors (Lipinski definition) is 2. The van der Waals surface area contributed by atoms with Crippen molar-refractivity contribution in [3.63, 3.8) is 0 Å². The highest BCUT2D eigenvalue weighted by atomic mass is 16.2. The highest BCUT2D eigenvalue weighted by Gasteiger charge is 2.30. The Balaban J connectivity index is 2.14. The first-order valence-electron chi connectivity index (χ1n) is 7.15.